The van der Waals surface area contributed by atoms with Gasteiger partial charge in [0.15, 0.2) is 0 Å². The van der Waals surface area contributed by atoms with E-state index in [1.165, 1.54) is 12.8 Å². The zero-order valence-corrected chi connectivity index (χ0v) is 11.2. The first kappa shape index (κ1) is 12.5. The van der Waals surface area contributed by atoms with Gasteiger partial charge >= 0.3 is 0 Å². The quantitative estimate of drug-likeness (QED) is 0.865. The molecular formula is C13H20N4O2. The summed E-state index contributed by atoms with van der Waals surface area (Å²) in [6, 6.07) is 2.26. The van der Waals surface area contributed by atoms with E-state index in [9.17, 15) is 0 Å². The maximum Gasteiger partial charge on any atom is 0.225 e. The second-order valence-electron chi connectivity index (χ2n) is 5.08. The van der Waals surface area contributed by atoms with Crippen molar-refractivity contribution < 1.29 is 9.47 Å². The third-order valence-electron chi connectivity index (χ3n) is 3.94. The van der Waals surface area contributed by atoms with Gasteiger partial charge in [-0.05, 0) is 12.8 Å². The van der Waals surface area contributed by atoms with Crippen LogP contribution in [0.1, 0.15) is 25.7 Å². The van der Waals surface area contributed by atoms with E-state index in [1.807, 2.05) is 6.07 Å². The fourth-order valence-electron chi connectivity index (χ4n) is 3.06. The zero-order chi connectivity index (χ0) is 13.2. The number of nitrogens with two attached hydrogens (primary N) is 1. The summed E-state index contributed by atoms with van der Waals surface area (Å²) in [5.41, 5.74) is 5.75. The molecule has 6 heteroatoms. The molecule has 0 spiro atoms. The molecule has 19 heavy (non-hydrogen) atoms. The number of nitrogen functional groups attached to an aromatic ring is 1. The molecule has 0 radical (unpaired) electrons. The number of anilines is 2. The Bertz CT molecular complexity index is 452. The predicted molar refractivity (Wildman–Crippen MR) is 72.3 cm³/mol. The van der Waals surface area contributed by atoms with E-state index >= 15 is 0 Å². The fourth-order valence-corrected chi connectivity index (χ4v) is 3.06. The van der Waals surface area contributed by atoms with Crippen LogP contribution in [0.4, 0.5) is 11.8 Å². The minimum atomic E-state index is 0.258. The predicted octanol–water partition coefficient (Wildman–Crippen LogP) is 1.22. The molecule has 1 aliphatic heterocycles. The van der Waals surface area contributed by atoms with Crippen LogP contribution in [0.3, 0.4) is 0 Å². The van der Waals surface area contributed by atoms with Crippen LogP contribution in [0, 0.1) is 0 Å². The van der Waals surface area contributed by atoms with Gasteiger partial charge in [-0.1, -0.05) is 12.8 Å². The summed E-state index contributed by atoms with van der Waals surface area (Å²) < 4.78 is 11.0. The largest absolute Gasteiger partial charge is 0.481 e. The monoisotopic (exact) mass is 264 g/mol. The first-order chi connectivity index (χ1) is 9.28. The molecule has 1 saturated carbocycles. The van der Waals surface area contributed by atoms with Crippen LogP contribution < -0.4 is 15.4 Å². The Hall–Kier alpha value is -1.56. The zero-order valence-electron chi connectivity index (χ0n) is 11.2. The number of ether oxygens (including phenoxy) is 2. The van der Waals surface area contributed by atoms with Crippen molar-refractivity contribution in [2.24, 2.45) is 0 Å². The van der Waals surface area contributed by atoms with Crippen molar-refractivity contribution in [2.45, 2.75) is 37.8 Å². The fraction of sp³-hybridized carbons (Fsp3) is 0.692. The molecular weight excluding hydrogens is 244 g/mol. The maximum atomic E-state index is 5.87. The Kier molecular flexibility index (Phi) is 3.42. The highest BCUT2D eigenvalue weighted by atomic mass is 16.5. The second-order valence-corrected chi connectivity index (χ2v) is 5.08. The number of fused-ring (bicyclic) bond motifs is 1. The van der Waals surface area contributed by atoms with Crippen LogP contribution in [0.5, 0.6) is 5.88 Å². The average molecular weight is 264 g/mol. The second kappa shape index (κ2) is 5.21. The van der Waals surface area contributed by atoms with Crippen LogP contribution in [0.25, 0.3) is 0 Å². The van der Waals surface area contributed by atoms with Gasteiger partial charge in [0.25, 0.3) is 0 Å². The molecule has 0 amide bonds. The van der Waals surface area contributed by atoms with Crippen LogP contribution in [0.15, 0.2) is 6.07 Å². The molecule has 2 N–H and O–H groups in total. The van der Waals surface area contributed by atoms with Crippen molar-refractivity contribution in [3.8, 4) is 5.88 Å². The van der Waals surface area contributed by atoms with Crippen LogP contribution in [-0.2, 0) is 4.74 Å². The summed E-state index contributed by atoms with van der Waals surface area (Å²) in [6.45, 7) is 1.59. The molecule has 1 aromatic rings. The summed E-state index contributed by atoms with van der Waals surface area (Å²) in [6.07, 6.45) is 5.11. The van der Waals surface area contributed by atoms with E-state index in [2.05, 4.69) is 14.9 Å². The van der Waals surface area contributed by atoms with E-state index in [1.54, 1.807) is 7.11 Å². The van der Waals surface area contributed by atoms with Crippen molar-refractivity contribution in [3.05, 3.63) is 6.07 Å². The number of nitrogens with zero attached hydrogens (tertiary/aromatic N) is 3. The van der Waals surface area contributed by atoms with Gasteiger partial charge < -0.3 is 20.1 Å². The standard InChI is InChI=1S/C13H20N4O2/c1-18-12-8-11(15-13(14)16-12)17-6-7-19-10-5-3-2-4-9(10)17/h8-10H,2-7H2,1H3,(H2,14,15,16). The molecule has 2 unspecified atom stereocenters. The van der Waals surface area contributed by atoms with Crippen LogP contribution in [-0.4, -0.2) is 42.4 Å². The maximum absolute atomic E-state index is 5.87. The van der Waals surface area contributed by atoms with Crippen molar-refractivity contribution in [3.63, 3.8) is 0 Å². The summed E-state index contributed by atoms with van der Waals surface area (Å²) >= 11 is 0. The van der Waals surface area contributed by atoms with Gasteiger partial charge in [-0.15, -0.1) is 0 Å². The molecule has 2 atom stereocenters. The number of hydrogen-bond acceptors (Lipinski definition) is 6. The van der Waals surface area contributed by atoms with E-state index in [0.29, 0.717) is 18.0 Å². The highest BCUT2D eigenvalue weighted by molar-refractivity contribution is 5.47. The first-order valence-corrected chi connectivity index (χ1v) is 6.85. The minimum absolute atomic E-state index is 0.258. The van der Waals surface area contributed by atoms with Gasteiger partial charge in [-0.2, -0.15) is 9.97 Å². The Labute approximate surface area is 112 Å². The number of rotatable bonds is 2. The van der Waals surface area contributed by atoms with Crippen LogP contribution >= 0.6 is 0 Å². The topological polar surface area (TPSA) is 73.5 Å². The number of morpholine rings is 1. The number of hydrogen-bond donors (Lipinski definition) is 1. The van der Waals surface area contributed by atoms with Gasteiger partial charge in [0.2, 0.25) is 11.8 Å². The molecule has 1 aromatic heterocycles. The molecule has 1 aliphatic carbocycles. The first-order valence-electron chi connectivity index (χ1n) is 6.85. The molecule has 2 heterocycles. The molecule has 2 aliphatic rings. The van der Waals surface area contributed by atoms with Gasteiger partial charge in [0, 0.05) is 12.6 Å². The van der Waals surface area contributed by atoms with Crippen molar-refractivity contribution >= 4 is 11.8 Å². The molecule has 2 fully saturated rings. The SMILES string of the molecule is COc1cc(N2CCOC3CCCCC32)nc(N)n1. The Morgan fingerprint density at radius 3 is 3.05 bits per heavy atom. The Morgan fingerprint density at radius 1 is 1.37 bits per heavy atom. The third-order valence-corrected chi connectivity index (χ3v) is 3.94. The Balaban J connectivity index is 1.89. The summed E-state index contributed by atoms with van der Waals surface area (Å²) in [5.74, 6) is 1.62. The molecule has 0 aromatic carbocycles. The minimum Gasteiger partial charge on any atom is -0.481 e. The summed E-state index contributed by atoms with van der Waals surface area (Å²) in [7, 11) is 1.59. The summed E-state index contributed by atoms with van der Waals surface area (Å²) in [5, 5.41) is 0. The highest BCUT2D eigenvalue weighted by Gasteiger charge is 2.35. The Morgan fingerprint density at radius 2 is 2.21 bits per heavy atom. The van der Waals surface area contributed by atoms with Gasteiger partial charge in [0.05, 0.1) is 25.9 Å². The molecule has 0 bridgehead atoms. The van der Waals surface area contributed by atoms with E-state index < -0.39 is 0 Å². The molecule has 1 saturated heterocycles. The van der Waals surface area contributed by atoms with Crippen LogP contribution in [0.2, 0.25) is 0 Å². The van der Waals surface area contributed by atoms with Gasteiger partial charge in [-0.3, -0.25) is 0 Å². The van der Waals surface area contributed by atoms with Gasteiger partial charge in [0.1, 0.15) is 5.82 Å². The number of methoxy groups -OCH3 is 1. The third kappa shape index (κ3) is 2.45. The highest BCUT2D eigenvalue weighted by Crippen LogP contribution is 2.32. The van der Waals surface area contributed by atoms with Crippen molar-refractivity contribution in [2.75, 3.05) is 30.9 Å². The van der Waals surface area contributed by atoms with E-state index in [-0.39, 0.29) is 5.95 Å². The lowest BCUT2D eigenvalue weighted by Gasteiger charge is -2.44. The normalized spacial score (nSPS) is 26.9. The summed E-state index contributed by atoms with van der Waals surface area (Å²) in [4.78, 5) is 10.7. The molecule has 6 nitrogen and oxygen atoms in total. The lowest BCUT2D eigenvalue weighted by Crippen LogP contribution is -2.53. The molecule has 104 valence electrons. The lowest BCUT2D eigenvalue weighted by atomic mass is 9.90. The van der Waals surface area contributed by atoms with Gasteiger partial charge in [-0.25, -0.2) is 0 Å². The van der Waals surface area contributed by atoms with Crippen molar-refractivity contribution in [1.82, 2.24) is 9.97 Å². The average Bonchev–Trinajstić information content (AvgIpc) is 2.46. The van der Waals surface area contributed by atoms with E-state index in [0.717, 1.165) is 31.8 Å². The van der Waals surface area contributed by atoms with E-state index in [4.69, 9.17) is 15.2 Å². The lowest BCUT2D eigenvalue weighted by molar-refractivity contribution is -0.00900. The number of aromatic nitrogens is 2. The van der Waals surface area contributed by atoms with Crippen molar-refractivity contribution in [1.29, 1.82) is 0 Å². The molecule has 3 rings (SSSR count). The smallest absolute Gasteiger partial charge is 0.225 e.